The van der Waals surface area contributed by atoms with Crippen LogP contribution >= 0.6 is 0 Å². The van der Waals surface area contributed by atoms with Crippen molar-refractivity contribution in [1.29, 1.82) is 0 Å². The molecule has 0 aromatic carbocycles. The Kier molecular flexibility index (Phi) is 4.70. The third-order valence-corrected chi connectivity index (χ3v) is 2.67. The smallest absolute Gasteiger partial charge is 0.0546 e. The monoisotopic (exact) mass is 187 g/mol. The molecular formula is C10H21NO2. The molecule has 0 bridgehead atoms. The molecule has 1 aliphatic carbocycles. The molecule has 13 heavy (non-hydrogen) atoms. The van der Waals surface area contributed by atoms with Gasteiger partial charge in [0.15, 0.2) is 0 Å². The zero-order valence-electron chi connectivity index (χ0n) is 8.70. The van der Waals surface area contributed by atoms with Crippen LogP contribution in [0.5, 0.6) is 0 Å². The maximum atomic E-state index is 9.11. The average molecular weight is 187 g/mol. The van der Waals surface area contributed by atoms with Crippen LogP contribution in [0.25, 0.3) is 0 Å². The number of rotatable bonds is 6. The van der Waals surface area contributed by atoms with Crippen molar-refractivity contribution in [2.75, 3.05) is 33.9 Å². The van der Waals surface area contributed by atoms with Gasteiger partial charge >= 0.3 is 0 Å². The molecule has 78 valence electrons. The van der Waals surface area contributed by atoms with Crippen molar-refractivity contribution in [3.8, 4) is 0 Å². The van der Waals surface area contributed by atoms with Gasteiger partial charge in [0.05, 0.1) is 6.10 Å². The largest absolute Gasteiger partial charge is 0.393 e. The van der Waals surface area contributed by atoms with Crippen LogP contribution in [-0.2, 0) is 4.74 Å². The van der Waals surface area contributed by atoms with E-state index in [0.717, 1.165) is 44.9 Å². The molecule has 0 aromatic rings. The Labute approximate surface area is 80.7 Å². The molecule has 1 aliphatic rings. The minimum Gasteiger partial charge on any atom is -0.393 e. The van der Waals surface area contributed by atoms with E-state index < -0.39 is 0 Å². The molecule has 3 nitrogen and oxygen atoms in total. The Morgan fingerprint density at radius 1 is 1.46 bits per heavy atom. The quantitative estimate of drug-likeness (QED) is 0.622. The van der Waals surface area contributed by atoms with Crippen molar-refractivity contribution in [2.45, 2.75) is 25.4 Å². The molecule has 0 unspecified atom stereocenters. The summed E-state index contributed by atoms with van der Waals surface area (Å²) in [4.78, 5) is 2.33. The topological polar surface area (TPSA) is 32.7 Å². The summed E-state index contributed by atoms with van der Waals surface area (Å²) < 4.78 is 4.99. The van der Waals surface area contributed by atoms with Gasteiger partial charge in [0.1, 0.15) is 0 Å². The van der Waals surface area contributed by atoms with Gasteiger partial charge in [-0.25, -0.2) is 0 Å². The molecule has 0 spiro atoms. The Bertz CT molecular complexity index is 135. The normalized spacial score (nSPS) is 27.7. The number of hydrogen-bond donors (Lipinski definition) is 1. The van der Waals surface area contributed by atoms with E-state index >= 15 is 0 Å². The minimum atomic E-state index is -0.0163. The van der Waals surface area contributed by atoms with Gasteiger partial charge in [-0.3, -0.25) is 0 Å². The number of nitrogens with zero attached hydrogens (tertiary/aromatic N) is 1. The third-order valence-electron chi connectivity index (χ3n) is 2.67. The fourth-order valence-corrected chi connectivity index (χ4v) is 1.86. The molecule has 1 rings (SSSR count). The van der Waals surface area contributed by atoms with E-state index in [1.165, 1.54) is 0 Å². The van der Waals surface area contributed by atoms with E-state index in [2.05, 4.69) is 11.9 Å². The van der Waals surface area contributed by atoms with Gasteiger partial charge in [-0.15, -0.1) is 0 Å². The molecular weight excluding hydrogens is 166 g/mol. The number of aliphatic hydroxyl groups is 1. The Morgan fingerprint density at radius 3 is 2.69 bits per heavy atom. The van der Waals surface area contributed by atoms with Crippen LogP contribution in [-0.4, -0.2) is 50.0 Å². The van der Waals surface area contributed by atoms with Gasteiger partial charge in [-0.05, 0) is 32.2 Å². The Morgan fingerprint density at radius 2 is 2.15 bits per heavy atom. The highest BCUT2D eigenvalue weighted by atomic mass is 16.5. The average Bonchev–Trinajstić information content (AvgIpc) is 2.02. The lowest BCUT2D eigenvalue weighted by atomic mass is 9.82. The number of methoxy groups -OCH3 is 1. The number of ether oxygens (including phenoxy) is 1. The minimum absolute atomic E-state index is 0.0163. The van der Waals surface area contributed by atoms with Gasteiger partial charge in [-0.2, -0.15) is 0 Å². The van der Waals surface area contributed by atoms with E-state index in [0.29, 0.717) is 0 Å². The molecule has 0 heterocycles. The summed E-state index contributed by atoms with van der Waals surface area (Å²) in [7, 11) is 3.88. The first kappa shape index (κ1) is 11.0. The summed E-state index contributed by atoms with van der Waals surface area (Å²) in [5, 5.41) is 9.11. The van der Waals surface area contributed by atoms with Gasteiger partial charge in [0.2, 0.25) is 0 Å². The zero-order valence-corrected chi connectivity index (χ0v) is 8.70. The second-order valence-electron chi connectivity index (χ2n) is 4.10. The van der Waals surface area contributed by atoms with E-state index in [4.69, 9.17) is 9.84 Å². The highest BCUT2D eigenvalue weighted by Crippen LogP contribution is 2.27. The van der Waals surface area contributed by atoms with Gasteiger partial charge < -0.3 is 14.7 Å². The summed E-state index contributed by atoms with van der Waals surface area (Å²) >= 11 is 0. The number of hydrogen-bond acceptors (Lipinski definition) is 3. The van der Waals surface area contributed by atoms with Crippen LogP contribution in [0.15, 0.2) is 0 Å². The SMILES string of the molecule is COCCCN(C)CC1CC(O)C1. The lowest BCUT2D eigenvalue weighted by Gasteiger charge is -2.34. The van der Waals surface area contributed by atoms with Crippen LogP contribution in [0.3, 0.4) is 0 Å². The van der Waals surface area contributed by atoms with Crippen molar-refractivity contribution >= 4 is 0 Å². The lowest BCUT2D eigenvalue weighted by Crippen LogP contribution is -2.37. The third kappa shape index (κ3) is 4.07. The second-order valence-corrected chi connectivity index (χ2v) is 4.10. The molecule has 0 aliphatic heterocycles. The molecule has 1 fully saturated rings. The standard InChI is InChI=1S/C10H21NO2/c1-11(4-3-5-13-2)8-9-6-10(12)7-9/h9-10,12H,3-8H2,1-2H3. The molecule has 3 heteroatoms. The molecule has 0 amide bonds. The van der Waals surface area contributed by atoms with Gasteiger partial charge in [-0.1, -0.05) is 0 Å². The van der Waals surface area contributed by atoms with Gasteiger partial charge in [0, 0.05) is 26.8 Å². The van der Waals surface area contributed by atoms with Crippen molar-refractivity contribution in [3.63, 3.8) is 0 Å². The van der Waals surface area contributed by atoms with E-state index in [1.54, 1.807) is 7.11 Å². The predicted octanol–water partition coefficient (Wildman–Crippen LogP) is 0.726. The Hall–Kier alpha value is -0.120. The lowest BCUT2D eigenvalue weighted by molar-refractivity contribution is 0.0274. The maximum Gasteiger partial charge on any atom is 0.0546 e. The fourth-order valence-electron chi connectivity index (χ4n) is 1.86. The molecule has 0 aromatic heterocycles. The number of aliphatic hydroxyl groups excluding tert-OH is 1. The van der Waals surface area contributed by atoms with Crippen LogP contribution < -0.4 is 0 Å². The summed E-state index contributed by atoms with van der Waals surface area (Å²) in [6.45, 7) is 3.07. The summed E-state index contributed by atoms with van der Waals surface area (Å²) in [6, 6.07) is 0. The summed E-state index contributed by atoms with van der Waals surface area (Å²) in [5.41, 5.74) is 0. The highest BCUT2D eigenvalue weighted by molar-refractivity contribution is 4.80. The molecule has 0 saturated heterocycles. The zero-order chi connectivity index (χ0) is 9.68. The van der Waals surface area contributed by atoms with Crippen LogP contribution in [0.4, 0.5) is 0 Å². The first-order chi connectivity index (χ1) is 6.22. The van der Waals surface area contributed by atoms with Crippen LogP contribution in [0.1, 0.15) is 19.3 Å². The van der Waals surface area contributed by atoms with E-state index in [9.17, 15) is 0 Å². The van der Waals surface area contributed by atoms with Crippen LogP contribution in [0, 0.1) is 5.92 Å². The van der Waals surface area contributed by atoms with Crippen molar-refractivity contribution in [2.24, 2.45) is 5.92 Å². The van der Waals surface area contributed by atoms with Crippen molar-refractivity contribution in [1.82, 2.24) is 4.90 Å². The van der Waals surface area contributed by atoms with Crippen molar-refractivity contribution in [3.05, 3.63) is 0 Å². The summed E-state index contributed by atoms with van der Waals surface area (Å²) in [5.74, 6) is 0.725. The second kappa shape index (κ2) is 5.58. The van der Waals surface area contributed by atoms with E-state index in [-0.39, 0.29) is 6.10 Å². The highest BCUT2D eigenvalue weighted by Gasteiger charge is 2.27. The van der Waals surface area contributed by atoms with Crippen molar-refractivity contribution < 1.29 is 9.84 Å². The predicted molar refractivity (Wildman–Crippen MR) is 52.7 cm³/mol. The van der Waals surface area contributed by atoms with Crippen LogP contribution in [0.2, 0.25) is 0 Å². The maximum absolute atomic E-state index is 9.11. The molecule has 0 atom stereocenters. The summed E-state index contributed by atoms with van der Waals surface area (Å²) in [6.07, 6.45) is 3.07. The molecule has 1 N–H and O–H groups in total. The molecule has 1 saturated carbocycles. The first-order valence-corrected chi connectivity index (χ1v) is 5.08. The van der Waals surface area contributed by atoms with Gasteiger partial charge in [0.25, 0.3) is 0 Å². The molecule has 0 radical (unpaired) electrons. The first-order valence-electron chi connectivity index (χ1n) is 5.08. The Balaban J connectivity index is 1.95. The fraction of sp³-hybridized carbons (Fsp3) is 1.00. The van der Waals surface area contributed by atoms with E-state index in [1.807, 2.05) is 0 Å².